The van der Waals surface area contributed by atoms with Crippen LogP contribution in [0.1, 0.15) is 64.6 Å². The topological polar surface area (TPSA) is 28.2 Å². The van der Waals surface area contributed by atoms with Crippen LogP contribution in [-0.2, 0) is 0 Å². The summed E-state index contributed by atoms with van der Waals surface area (Å²) in [4.78, 5) is 7.22. The summed E-state index contributed by atoms with van der Waals surface area (Å²) in [7, 11) is 0. The van der Waals surface area contributed by atoms with Crippen LogP contribution in [-0.4, -0.2) is 24.1 Å². The molecule has 0 radical (unpaired) electrons. The Morgan fingerprint density at radius 3 is 2.85 bits per heavy atom. The summed E-state index contributed by atoms with van der Waals surface area (Å²) < 4.78 is 0. The summed E-state index contributed by atoms with van der Waals surface area (Å²) in [5.74, 6) is 0. The van der Waals surface area contributed by atoms with Crippen LogP contribution in [0.4, 0.5) is 5.69 Å². The maximum Gasteiger partial charge on any atom is 0.0572 e. The molecular formula is C17H29N3. The first-order valence-corrected chi connectivity index (χ1v) is 8.22. The lowest BCUT2D eigenvalue weighted by Crippen LogP contribution is -2.39. The number of hydrogen-bond acceptors (Lipinski definition) is 3. The molecule has 0 bridgehead atoms. The highest BCUT2D eigenvalue weighted by atomic mass is 15.2. The van der Waals surface area contributed by atoms with Gasteiger partial charge >= 0.3 is 0 Å². The van der Waals surface area contributed by atoms with Crippen molar-refractivity contribution in [2.75, 3.05) is 18.0 Å². The molecule has 1 saturated heterocycles. The van der Waals surface area contributed by atoms with Crippen LogP contribution < -0.4 is 10.2 Å². The Balaban J connectivity index is 2.03. The second-order valence-corrected chi connectivity index (χ2v) is 5.87. The fourth-order valence-corrected chi connectivity index (χ4v) is 3.05. The minimum absolute atomic E-state index is 0.340. The van der Waals surface area contributed by atoms with Gasteiger partial charge in [-0.15, -0.1) is 0 Å². The van der Waals surface area contributed by atoms with Crippen molar-refractivity contribution in [2.45, 2.75) is 65.0 Å². The molecule has 0 spiro atoms. The van der Waals surface area contributed by atoms with Gasteiger partial charge in [0.25, 0.3) is 0 Å². The first-order chi connectivity index (χ1) is 9.76. The van der Waals surface area contributed by atoms with Crippen LogP contribution in [0.5, 0.6) is 0 Å². The fraction of sp³-hybridized carbons (Fsp3) is 0.706. The molecule has 3 heteroatoms. The summed E-state index contributed by atoms with van der Waals surface area (Å²) in [5, 5.41) is 3.49. The summed E-state index contributed by atoms with van der Waals surface area (Å²) >= 11 is 0. The molecule has 0 aromatic carbocycles. The number of anilines is 1. The predicted octanol–water partition coefficient (Wildman–Crippen LogP) is 3.91. The molecule has 1 aliphatic rings. The van der Waals surface area contributed by atoms with Gasteiger partial charge in [0.1, 0.15) is 0 Å². The van der Waals surface area contributed by atoms with Gasteiger partial charge in [-0.3, -0.25) is 4.98 Å². The highest BCUT2D eigenvalue weighted by Crippen LogP contribution is 2.26. The van der Waals surface area contributed by atoms with Crippen molar-refractivity contribution in [1.82, 2.24) is 10.3 Å². The van der Waals surface area contributed by atoms with Crippen LogP contribution >= 0.6 is 0 Å². The highest BCUT2D eigenvalue weighted by molar-refractivity contribution is 5.46. The SMILES string of the molecule is CCCNC(C)c1ccc(N2CCCCC2CC)cn1. The van der Waals surface area contributed by atoms with Crippen LogP contribution in [0.3, 0.4) is 0 Å². The van der Waals surface area contributed by atoms with Crippen LogP contribution in [0.25, 0.3) is 0 Å². The molecule has 2 atom stereocenters. The van der Waals surface area contributed by atoms with Gasteiger partial charge in [-0.05, 0) is 57.7 Å². The molecule has 2 rings (SSSR count). The number of pyridine rings is 1. The lowest BCUT2D eigenvalue weighted by Gasteiger charge is -2.37. The Morgan fingerprint density at radius 2 is 2.20 bits per heavy atom. The van der Waals surface area contributed by atoms with Crippen molar-refractivity contribution in [3.8, 4) is 0 Å². The van der Waals surface area contributed by atoms with E-state index >= 15 is 0 Å². The minimum atomic E-state index is 0.340. The molecule has 1 N–H and O–H groups in total. The molecule has 112 valence electrons. The van der Waals surface area contributed by atoms with E-state index in [2.05, 4.69) is 54.3 Å². The Bertz CT molecular complexity index is 388. The number of hydrogen-bond donors (Lipinski definition) is 1. The first-order valence-electron chi connectivity index (χ1n) is 8.22. The molecule has 1 fully saturated rings. The number of aromatic nitrogens is 1. The molecule has 1 aromatic rings. The van der Waals surface area contributed by atoms with Gasteiger partial charge in [0.15, 0.2) is 0 Å². The zero-order valence-electron chi connectivity index (χ0n) is 13.2. The summed E-state index contributed by atoms with van der Waals surface area (Å²) in [6, 6.07) is 5.48. The van der Waals surface area contributed by atoms with Crippen LogP contribution in [0.15, 0.2) is 18.3 Å². The van der Waals surface area contributed by atoms with Gasteiger partial charge in [-0.25, -0.2) is 0 Å². The maximum atomic E-state index is 4.67. The molecule has 20 heavy (non-hydrogen) atoms. The summed E-state index contributed by atoms with van der Waals surface area (Å²) in [6.07, 6.45) is 8.47. The van der Waals surface area contributed by atoms with Crippen molar-refractivity contribution in [1.29, 1.82) is 0 Å². The Kier molecular flexibility index (Phi) is 5.84. The quantitative estimate of drug-likeness (QED) is 0.853. The van der Waals surface area contributed by atoms with E-state index in [1.807, 2.05) is 0 Å². The average molecular weight is 275 g/mol. The number of rotatable bonds is 6. The maximum absolute atomic E-state index is 4.67. The van der Waals surface area contributed by atoms with Gasteiger partial charge in [0, 0.05) is 18.6 Å². The molecule has 0 amide bonds. The van der Waals surface area contributed by atoms with Gasteiger partial charge < -0.3 is 10.2 Å². The smallest absolute Gasteiger partial charge is 0.0572 e. The highest BCUT2D eigenvalue weighted by Gasteiger charge is 2.21. The third-order valence-electron chi connectivity index (χ3n) is 4.34. The Morgan fingerprint density at radius 1 is 1.35 bits per heavy atom. The molecule has 2 heterocycles. The molecule has 0 saturated carbocycles. The molecular weight excluding hydrogens is 246 g/mol. The standard InChI is InChI=1S/C17H29N3/c1-4-11-18-14(3)17-10-9-16(13-19-17)20-12-7-6-8-15(20)5-2/h9-10,13-15,18H,4-8,11-12H2,1-3H3. The largest absolute Gasteiger partial charge is 0.367 e. The summed E-state index contributed by atoms with van der Waals surface area (Å²) in [5.41, 5.74) is 2.44. The van der Waals surface area contributed by atoms with Crippen molar-refractivity contribution in [2.24, 2.45) is 0 Å². The van der Waals surface area contributed by atoms with Gasteiger partial charge in [-0.2, -0.15) is 0 Å². The molecule has 1 aliphatic heterocycles. The number of piperidine rings is 1. The van der Waals surface area contributed by atoms with E-state index in [0.717, 1.165) is 18.7 Å². The van der Waals surface area contributed by atoms with Crippen molar-refractivity contribution < 1.29 is 0 Å². The van der Waals surface area contributed by atoms with E-state index in [-0.39, 0.29) is 0 Å². The molecule has 3 nitrogen and oxygen atoms in total. The zero-order valence-corrected chi connectivity index (χ0v) is 13.2. The van der Waals surface area contributed by atoms with Gasteiger partial charge in [0.05, 0.1) is 17.6 Å². The third-order valence-corrected chi connectivity index (χ3v) is 4.34. The average Bonchev–Trinajstić information content (AvgIpc) is 2.52. The van der Waals surface area contributed by atoms with E-state index in [4.69, 9.17) is 0 Å². The zero-order chi connectivity index (χ0) is 14.4. The lowest BCUT2D eigenvalue weighted by atomic mass is 9.99. The van der Waals surface area contributed by atoms with Gasteiger partial charge in [-0.1, -0.05) is 13.8 Å². The predicted molar refractivity (Wildman–Crippen MR) is 86.2 cm³/mol. The van der Waals surface area contributed by atoms with E-state index in [0.29, 0.717) is 12.1 Å². The van der Waals surface area contributed by atoms with E-state index in [9.17, 15) is 0 Å². The van der Waals surface area contributed by atoms with Crippen LogP contribution in [0, 0.1) is 0 Å². The second-order valence-electron chi connectivity index (χ2n) is 5.87. The third kappa shape index (κ3) is 3.72. The minimum Gasteiger partial charge on any atom is -0.367 e. The van der Waals surface area contributed by atoms with E-state index in [1.54, 1.807) is 0 Å². The first kappa shape index (κ1) is 15.3. The summed E-state index contributed by atoms with van der Waals surface area (Å²) in [6.45, 7) is 8.91. The van der Waals surface area contributed by atoms with Crippen molar-refractivity contribution >= 4 is 5.69 Å². The normalized spacial score (nSPS) is 20.9. The van der Waals surface area contributed by atoms with Crippen molar-refractivity contribution in [3.05, 3.63) is 24.0 Å². The molecule has 1 aromatic heterocycles. The van der Waals surface area contributed by atoms with E-state index < -0.39 is 0 Å². The Labute approximate surface area is 123 Å². The van der Waals surface area contributed by atoms with Crippen LogP contribution in [0.2, 0.25) is 0 Å². The van der Waals surface area contributed by atoms with Crippen molar-refractivity contribution in [3.63, 3.8) is 0 Å². The Hall–Kier alpha value is -1.09. The molecule has 0 aliphatic carbocycles. The lowest BCUT2D eigenvalue weighted by molar-refractivity contribution is 0.449. The monoisotopic (exact) mass is 275 g/mol. The van der Waals surface area contributed by atoms with Gasteiger partial charge in [0.2, 0.25) is 0 Å². The fourth-order valence-electron chi connectivity index (χ4n) is 3.05. The number of nitrogens with one attached hydrogen (secondary N) is 1. The molecule has 2 unspecified atom stereocenters. The number of nitrogens with zero attached hydrogens (tertiary/aromatic N) is 2. The van der Waals surface area contributed by atoms with E-state index in [1.165, 1.54) is 37.9 Å². The second kappa shape index (κ2) is 7.63.